The van der Waals surface area contributed by atoms with E-state index in [1.165, 1.54) is 0 Å². The number of alkyl halides is 3. The minimum atomic E-state index is -5.08. The monoisotopic (exact) mass is 624 g/mol. The number of aliphatic carboxylic acids is 1. The molecule has 12 nitrogen and oxygen atoms in total. The number of hydrogen-bond acceptors (Lipinski definition) is 9. The van der Waals surface area contributed by atoms with Crippen molar-refractivity contribution in [3.8, 4) is 11.4 Å². The molecule has 1 N–H and O–H groups in total. The number of aliphatic imine (C=N–C) groups is 1. The highest BCUT2D eigenvalue weighted by atomic mass is 79.9. The molecule has 0 bridgehead atoms. The maximum atomic E-state index is 13.3. The Morgan fingerprint density at radius 2 is 1.88 bits per heavy atom. The molecule has 0 unspecified atom stereocenters. The van der Waals surface area contributed by atoms with Crippen LogP contribution in [0.1, 0.15) is 49.9 Å². The molecule has 1 aliphatic heterocycles. The molecule has 4 aromatic heterocycles. The molecule has 0 amide bonds. The molecule has 5 heterocycles. The summed E-state index contributed by atoms with van der Waals surface area (Å²) in [4.78, 5) is 35.2. The van der Waals surface area contributed by atoms with Gasteiger partial charge in [-0.05, 0) is 40.9 Å². The summed E-state index contributed by atoms with van der Waals surface area (Å²) in [5.41, 5.74) is 1.45. The van der Waals surface area contributed by atoms with Gasteiger partial charge in [-0.15, -0.1) is 10.2 Å². The molecule has 212 valence electrons. The lowest BCUT2D eigenvalue weighted by Crippen LogP contribution is -2.23. The van der Waals surface area contributed by atoms with Gasteiger partial charge in [0, 0.05) is 43.8 Å². The van der Waals surface area contributed by atoms with Gasteiger partial charge in [0.05, 0.1) is 10.2 Å². The highest BCUT2D eigenvalue weighted by Crippen LogP contribution is 2.28. The van der Waals surface area contributed by atoms with Crippen LogP contribution in [-0.2, 0) is 30.6 Å². The van der Waals surface area contributed by atoms with Crippen LogP contribution in [0.2, 0.25) is 0 Å². The molecular weight excluding hydrogens is 601 g/mol. The fourth-order valence-electron chi connectivity index (χ4n) is 4.02. The molecule has 40 heavy (non-hydrogen) atoms. The van der Waals surface area contributed by atoms with Gasteiger partial charge in [-0.25, -0.2) is 14.2 Å². The van der Waals surface area contributed by atoms with Crippen LogP contribution in [0.3, 0.4) is 0 Å². The first-order chi connectivity index (χ1) is 19.1. The van der Waals surface area contributed by atoms with Crippen molar-refractivity contribution in [1.82, 2.24) is 34.3 Å². The van der Waals surface area contributed by atoms with Gasteiger partial charge in [0.15, 0.2) is 0 Å². The molecule has 0 atom stereocenters. The van der Waals surface area contributed by atoms with Crippen LogP contribution < -0.4 is 5.56 Å². The zero-order valence-corrected chi connectivity index (χ0v) is 22.8. The Bertz CT molecular complexity index is 1580. The minimum Gasteiger partial charge on any atom is -0.475 e. The number of carboxylic acid groups (broad SMARTS) is 1. The predicted octanol–water partition coefficient (Wildman–Crippen LogP) is 4.32. The number of carbonyl (C=O) groups is 1. The Morgan fingerprint density at radius 1 is 1.15 bits per heavy atom. The number of aryl methyl sites for hydroxylation is 3. The third kappa shape index (κ3) is 6.60. The second kappa shape index (κ2) is 12.5. The van der Waals surface area contributed by atoms with Crippen LogP contribution in [0.4, 0.5) is 19.0 Å². The van der Waals surface area contributed by atoms with Crippen molar-refractivity contribution >= 4 is 38.1 Å². The highest BCUT2D eigenvalue weighted by molar-refractivity contribution is 9.18. The molecule has 0 aromatic carbocycles. The van der Waals surface area contributed by atoms with E-state index in [9.17, 15) is 18.0 Å². The summed E-state index contributed by atoms with van der Waals surface area (Å²) in [5.74, 6) is 0.214. The lowest BCUT2D eigenvalue weighted by molar-refractivity contribution is -0.192. The summed E-state index contributed by atoms with van der Waals surface area (Å²) >= 11 is 3.46. The molecule has 0 aliphatic carbocycles. The Labute approximate surface area is 233 Å². The first-order valence-electron chi connectivity index (χ1n) is 12.4. The zero-order chi connectivity index (χ0) is 28.9. The Hall–Kier alpha value is -3.95. The first-order valence-corrected chi connectivity index (χ1v) is 13.1. The van der Waals surface area contributed by atoms with Crippen molar-refractivity contribution < 1.29 is 27.6 Å². The van der Waals surface area contributed by atoms with Crippen LogP contribution >= 0.6 is 15.9 Å². The molecule has 0 spiro atoms. The smallest absolute Gasteiger partial charge is 0.475 e. The van der Waals surface area contributed by atoms with Crippen molar-refractivity contribution in [2.45, 2.75) is 64.6 Å². The van der Waals surface area contributed by atoms with E-state index in [2.05, 4.69) is 53.2 Å². The Balaban J connectivity index is 0.000000470. The van der Waals surface area contributed by atoms with Crippen LogP contribution in [-0.4, -0.2) is 56.2 Å². The van der Waals surface area contributed by atoms with Crippen molar-refractivity contribution in [3.05, 3.63) is 52.2 Å². The van der Waals surface area contributed by atoms with Crippen LogP contribution in [0.5, 0.6) is 0 Å². The van der Waals surface area contributed by atoms with E-state index >= 15 is 0 Å². The van der Waals surface area contributed by atoms with E-state index in [1.807, 2.05) is 16.7 Å². The van der Waals surface area contributed by atoms with E-state index in [-0.39, 0.29) is 5.56 Å². The second-order valence-corrected chi connectivity index (χ2v) is 9.70. The van der Waals surface area contributed by atoms with Gasteiger partial charge in [-0.2, -0.15) is 18.2 Å². The average molecular weight is 625 g/mol. The maximum Gasteiger partial charge on any atom is 0.490 e. The number of aromatic nitrogens is 7. The number of pyridine rings is 1. The standard InChI is InChI=1S/C22H23BrN8O2.C2HF3O2/c1-2-3-4-12-30-20-15(13-16(23)25-20)21(32)31-17(27-28-22(30)31)6-5-7-18-26-19(29-33-18)14-8-10-24-11-9-14;3-2(4,5)1(6)7/h8-11H,2-7,12-13H2,1H3;(H,6,7). The molecule has 4 aromatic rings. The van der Waals surface area contributed by atoms with Gasteiger partial charge < -0.3 is 9.63 Å². The number of halogens is 4. The Morgan fingerprint density at radius 3 is 2.55 bits per heavy atom. The molecular formula is C24H24BrF3N8O4. The van der Waals surface area contributed by atoms with Gasteiger partial charge in [-0.1, -0.05) is 24.9 Å². The zero-order valence-electron chi connectivity index (χ0n) is 21.2. The van der Waals surface area contributed by atoms with E-state index in [1.54, 1.807) is 16.8 Å². The SMILES string of the molecule is CCCCCn1c2c(c(=O)n3c(CCCc4nc(-c5ccncc5)no4)nnc13)CC(Br)=N2.O=C(O)C(F)(F)F. The third-order valence-corrected chi connectivity index (χ3v) is 6.37. The molecule has 0 saturated carbocycles. The van der Waals surface area contributed by atoms with Crippen LogP contribution in [0.15, 0.2) is 38.8 Å². The Kier molecular flexibility index (Phi) is 9.07. The van der Waals surface area contributed by atoms with E-state index in [4.69, 9.17) is 14.4 Å². The fraction of sp³-hybridized carbons (Fsp3) is 0.417. The molecule has 0 saturated heterocycles. The van der Waals surface area contributed by atoms with Gasteiger partial charge >= 0.3 is 12.1 Å². The first kappa shape index (κ1) is 29.0. The number of rotatable bonds is 9. The predicted molar refractivity (Wildman–Crippen MR) is 140 cm³/mol. The summed E-state index contributed by atoms with van der Waals surface area (Å²) < 4.78 is 41.6. The lowest BCUT2D eigenvalue weighted by Gasteiger charge is -2.12. The van der Waals surface area contributed by atoms with Crippen molar-refractivity contribution in [3.63, 3.8) is 0 Å². The largest absolute Gasteiger partial charge is 0.490 e. The summed E-state index contributed by atoms with van der Waals surface area (Å²) in [6.07, 6.45) is 3.85. The number of carboxylic acids is 1. The van der Waals surface area contributed by atoms with E-state index < -0.39 is 12.1 Å². The number of hydrogen-bond donors (Lipinski definition) is 1. The summed E-state index contributed by atoms with van der Waals surface area (Å²) in [6, 6.07) is 3.67. The van der Waals surface area contributed by atoms with E-state index in [0.29, 0.717) is 60.4 Å². The quantitative estimate of drug-likeness (QED) is 0.268. The minimum absolute atomic E-state index is 0.0947. The van der Waals surface area contributed by atoms with Gasteiger partial charge in [0.2, 0.25) is 17.5 Å². The number of unbranched alkanes of at least 4 members (excludes halogenated alkanes) is 2. The van der Waals surface area contributed by atoms with Gasteiger partial charge in [0.1, 0.15) is 11.6 Å². The van der Waals surface area contributed by atoms with Crippen LogP contribution in [0.25, 0.3) is 17.2 Å². The number of fused-ring (bicyclic) bond motifs is 2. The van der Waals surface area contributed by atoms with Gasteiger partial charge in [-0.3, -0.25) is 14.3 Å². The highest BCUT2D eigenvalue weighted by Gasteiger charge is 2.38. The van der Waals surface area contributed by atoms with Crippen molar-refractivity contribution in [2.24, 2.45) is 4.99 Å². The molecule has 0 radical (unpaired) electrons. The topological polar surface area (TPSA) is 154 Å². The summed E-state index contributed by atoms with van der Waals surface area (Å²) in [6.45, 7) is 2.92. The van der Waals surface area contributed by atoms with E-state index in [0.717, 1.165) is 36.0 Å². The van der Waals surface area contributed by atoms with Gasteiger partial charge in [0.25, 0.3) is 5.56 Å². The average Bonchev–Trinajstić information content (AvgIpc) is 3.65. The lowest BCUT2D eigenvalue weighted by atomic mass is 10.2. The molecule has 1 aliphatic rings. The maximum absolute atomic E-state index is 13.3. The summed E-state index contributed by atoms with van der Waals surface area (Å²) in [7, 11) is 0. The molecule has 5 rings (SSSR count). The fourth-order valence-corrected chi connectivity index (χ4v) is 4.47. The van der Waals surface area contributed by atoms with Crippen LogP contribution in [0, 0.1) is 0 Å². The molecule has 0 fully saturated rings. The second-order valence-electron chi connectivity index (χ2n) is 8.79. The van der Waals surface area contributed by atoms with Crippen molar-refractivity contribution in [2.75, 3.05) is 0 Å². The summed E-state index contributed by atoms with van der Waals surface area (Å²) in [5, 5.41) is 19.9. The molecule has 16 heteroatoms. The third-order valence-electron chi connectivity index (χ3n) is 5.92. The number of nitrogens with zero attached hydrogens (tertiary/aromatic N) is 8. The normalized spacial score (nSPS) is 12.7. The van der Waals surface area contributed by atoms with Crippen molar-refractivity contribution in [1.29, 1.82) is 0 Å².